The van der Waals surface area contributed by atoms with Gasteiger partial charge in [-0.2, -0.15) is 0 Å². The Hall–Kier alpha value is -1.58. The van der Waals surface area contributed by atoms with Crippen LogP contribution in [0, 0.1) is 18.8 Å². The fraction of sp³-hybridized carbons (Fsp3) is 0.421. The number of nitrogens with one attached hydrogen (secondary N) is 1. The van der Waals surface area contributed by atoms with Gasteiger partial charge in [0, 0.05) is 30.6 Å². The van der Waals surface area contributed by atoms with Gasteiger partial charge in [-0.25, -0.2) is 4.98 Å². The van der Waals surface area contributed by atoms with Gasteiger partial charge in [-0.3, -0.25) is 0 Å². The van der Waals surface area contributed by atoms with Crippen LogP contribution < -0.4 is 10.1 Å². The maximum atomic E-state index is 5.91. The van der Waals surface area contributed by atoms with Crippen molar-refractivity contribution in [3.8, 4) is 5.88 Å². The fourth-order valence-electron chi connectivity index (χ4n) is 2.78. The normalized spacial score (nSPS) is 21.7. The van der Waals surface area contributed by atoms with E-state index in [1.165, 1.54) is 5.57 Å². The Kier molecular flexibility index (Phi) is 8.67. The number of ether oxygens (including phenoxy) is 1. The van der Waals surface area contributed by atoms with Gasteiger partial charge in [0.25, 0.3) is 0 Å². The van der Waals surface area contributed by atoms with E-state index >= 15 is 0 Å². The Bertz CT molecular complexity index is 537. The molecule has 0 unspecified atom stereocenters. The molecular weight excluding hydrogens is 308 g/mol. The van der Waals surface area contributed by atoms with Crippen LogP contribution in [0.25, 0.3) is 0 Å². The predicted molar refractivity (Wildman–Crippen MR) is 99.3 cm³/mol. The van der Waals surface area contributed by atoms with Crippen LogP contribution in [0.1, 0.15) is 18.9 Å². The molecular formula is C19H27ClN2O. The smallest absolute Gasteiger partial charge is 0.213 e. The molecule has 0 spiro atoms. The largest absolute Gasteiger partial charge is 0.477 e. The number of hydrogen-bond donors (Lipinski definition) is 1. The van der Waals surface area contributed by atoms with Crippen LogP contribution in [0.3, 0.4) is 0 Å². The summed E-state index contributed by atoms with van der Waals surface area (Å²) in [6.07, 6.45) is 11.2. The number of piperidine rings is 1. The van der Waals surface area contributed by atoms with Crippen molar-refractivity contribution < 1.29 is 4.74 Å². The van der Waals surface area contributed by atoms with E-state index < -0.39 is 0 Å². The van der Waals surface area contributed by atoms with E-state index in [9.17, 15) is 0 Å². The van der Waals surface area contributed by atoms with Crippen molar-refractivity contribution in [2.24, 2.45) is 11.8 Å². The van der Waals surface area contributed by atoms with E-state index in [-0.39, 0.29) is 12.4 Å². The molecule has 0 radical (unpaired) electrons. The highest BCUT2D eigenvalue weighted by Gasteiger charge is 2.27. The summed E-state index contributed by atoms with van der Waals surface area (Å²) in [6, 6.07) is 3.97. The van der Waals surface area contributed by atoms with Gasteiger partial charge < -0.3 is 10.1 Å². The lowest BCUT2D eigenvalue weighted by atomic mass is 9.81. The molecule has 1 saturated heterocycles. The molecule has 4 heteroatoms. The minimum atomic E-state index is 0. The van der Waals surface area contributed by atoms with Crippen molar-refractivity contribution in [1.29, 1.82) is 0 Å². The predicted octanol–water partition coefficient (Wildman–Crippen LogP) is 4.10. The summed E-state index contributed by atoms with van der Waals surface area (Å²) in [5.41, 5.74) is 2.42. The molecule has 1 aromatic rings. The SMILES string of the molecule is C=C/C(=C\C=C/C)[C@H]1CNCC[C@@H]1COc1ccc(C)cn1.Cl. The van der Waals surface area contributed by atoms with Gasteiger partial charge in [-0.05, 0) is 37.9 Å². The molecule has 2 atom stereocenters. The second-order valence-corrected chi connectivity index (χ2v) is 5.74. The van der Waals surface area contributed by atoms with Gasteiger partial charge in [0.2, 0.25) is 5.88 Å². The van der Waals surface area contributed by atoms with Crippen LogP contribution in [0.15, 0.2) is 54.8 Å². The summed E-state index contributed by atoms with van der Waals surface area (Å²) in [5, 5.41) is 3.48. The number of nitrogens with zero attached hydrogens (tertiary/aromatic N) is 1. The lowest BCUT2D eigenvalue weighted by molar-refractivity contribution is 0.174. The molecule has 0 amide bonds. The molecule has 1 N–H and O–H groups in total. The number of aromatic nitrogens is 1. The number of allylic oxidation sites excluding steroid dienone is 4. The molecule has 1 aliphatic rings. The maximum Gasteiger partial charge on any atom is 0.213 e. The van der Waals surface area contributed by atoms with Gasteiger partial charge >= 0.3 is 0 Å². The van der Waals surface area contributed by atoms with Crippen LogP contribution in [-0.2, 0) is 0 Å². The number of aryl methyl sites for hydroxylation is 1. The Labute approximate surface area is 146 Å². The van der Waals surface area contributed by atoms with Crippen molar-refractivity contribution >= 4 is 12.4 Å². The second-order valence-electron chi connectivity index (χ2n) is 5.74. The second kappa shape index (κ2) is 10.2. The molecule has 1 aliphatic heterocycles. The van der Waals surface area contributed by atoms with Crippen molar-refractivity contribution in [2.45, 2.75) is 20.3 Å². The van der Waals surface area contributed by atoms with Gasteiger partial charge in [0.05, 0.1) is 6.61 Å². The summed E-state index contributed by atoms with van der Waals surface area (Å²) in [5.74, 6) is 1.63. The molecule has 3 nitrogen and oxygen atoms in total. The molecule has 2 heterocycles. The first kappa shape index (κ1) is 19.5. The number of halogens is 1. The Balaban J connectivity index is 0.00000264. The molecule has 0 aromatic carbocycles. The van der Waals surface area contributed by atoms with E-state index in [2.05, 4.69) is 29.0 Å². The third-order valence-electron chi connectivity index (χ3n) is 4.10. The van der Waals surface area contributed by atoms with E-state index in [0.29, 0.717) is 24.3 Å². The molecule has 126 valence electrons. The average Bonchev–Trinajstić information content (AvgIpc) is 2.56. The first-order valence-corrected chi connectivity index (χ1v) is 7.96. The van der Waals surface area contributed by atoms with Gasteiger partial charge in [0.1, 0.15) is 0 Å². The van der Waals surface area contributed by atoms with E-state index in [4.69, 9.17) is 4.74 Å². The van der Waals surface area contributed by atoms with Crippen molar-refractivity contribution in [3.05, 3.63) is 60.3 Å². The van der Waals surface area contributed by atoms with Crippen LogP contribution in [-0.4, -0.2) is 24.7 Å². The van der Waals surface area contributed by atoms with Crippen LogP contribution in [0.2, 0.25) is 0 Å². The lowest BCUT2D eigenvalue weighted by Crippen LogP contribution is -2.39. The van der Waals surface area contributed by atoms with Crippen molar-refractivity contribution in [3.63, 3.8) is 0 Å². The zero-order valence-electron chi connectivity index (χ0n) is 14.0. The van der Waals surface area contributed by atoms with Crippen LogP contribution in [0.4, 0.5) is 0 Å². The maximum absolute atomic E-state index is 5.91. The minimum Gasteiger partial charge on any atom is -0.477 e. The first-order valence-electron chi connectivity index (χ1n) is 7.96. The highest BCUT2D eigenvalue weighted by atomic mass is 35.5. The Morgan fingerprint density at radius 1 is 1.48 bits per heavy atom. The zero-order chi connectivity index (χ0) is 15.8. The number of rotatable bonds is 6. The molecule has 1 fully saturated rings. The zero-order valence-corrected chi connectivity index (χ0v) is 14.8. The van der Waals surface area contributed by atoms with E-state index in [1.54, 1.807) is 0 Å². The summed E-state index contributed by atoms with van der Waals surface area (Å²) >= 11 is 0. The van der Waals surface area contributed by atoms with Gasteiger partial charge in [-0.1, -0.05) is 36.9 Å². The number of hydrogen-bond acceptors (Lipinski definition) is 3. The van der Waals surface area contributed by atoms with Crippen molar-refractivity contribution in [2.75, 3.05) is 19.7 Å². The summed E-state index contributed by atoms with van der Waals surface area (Å²) in [7, 11) is 0. The summed E-state index contributed by atoms with van der Waals surface area (Å²) in [4.78, 5) is 4.32. The van der Waals surface area contributed by atoms with Crippen LogP contribution >= 0.6 is 12.4 Å². The van der Waals surface area contributed by atoms with Gasteiger partial charge in [0.15, 0.2) is 0 Å². The third kappa shape index (κ3) is 5.85. The highest BCUT2D eigenvalue weighted by molar-refractivity contribution is 5.85. The average molecular weight is 335 g/mol. The number of pyridine rings is 1. The highest BCUT2D eigenvalue weighted by Crippen LogP contribution is 2.27. The molecule has 23 heavy (non-hydrogen) atoms. The topological polar surface area (TPSA) is 34.1 Å². The van der Waals surface area contributed by atoms with Crippen molar-refractivity contribution in [1.82, 2.24) is 10.3 Å². The van der Waals surface area contributed by atoms with Gasteiger partial charge in [-0.15, -0.1) is 12.4 Å². The summed E-state index contributed by atoms with van der Waals surface area (Å²) < 4.78 is 5.91. The first-order chi connectivity index (χ1) is 10.7. The molecule has 2 rings (SSSR count). The fourth-order valence-corrected chi connectivity index (χ4v) is 2.78. The molecule has 0 bridgehead atoms. The quantitative estimate of drug-likeness (QED) is 0.795. The minimum absolute atomic E-state index is 0. The molecule has 0 aliphatic carbocycles. The Morgan fingerprint density at radius 3 is 2.96 bits per heavy atom. The monoisotopic (exact) mass is 334 g/mol. The molecule has 1 aromatic heterocycles. The standard InChI is InChI=1S/C19H26N2O.ClH/c1-4-6-7-16(5-2)18-13-20-11-10-17(18)14-22-19-9-8-15(3)12-21-19;/h4-9,12,17-18,20H,2,10-11,13-14H2,1,3H3;1H/b6-4-,16-7+;/t17-,18-;/m1./s1. The van der Waals surface area contributed by atoms with Crippen LogP contribution in [0.5, 0.6) is 5.88 Å². The third-order valence-corrected chi connectivity index (χ3v) is 4.10. The lowest BCUT2D eigenvalue weighted by Gasteiger charge is -2.32. The Morgan fingerprint density at radius 2 is 2.30 bits per heavy atom. The summed E-state index contributed by atoms with van der Waals surface area (Å²) in [6.45, 7) is 10.7. The van der Waals surface area contributed by atoms with E-state index in [1.807, 2.05) is 44.3 Å². The van der Waals surface area contributed by atoms with E-state index in [0.717, 1.165) is 25.1 Å². The molecule has 0 saturated carbocycles.